The van der Waals surface area contributed by atoms with Crippen molar-refractivity contribution < 1.29 is 0 Å². The number of nitrogens with two attached hydrogens (primary N) is 1. The molecule has 2 heterocycles. The number of aromatic amines is 1. The van der Waals surface area contributed by atoms with Gasteiger partial charge in [0.05, 0.1) is 15.9 Å². The third-order valence-corrected chi connectivity index (χ3v) is 4.39. The number of aromatic nitrogens is 2. The van der Waals surface area contributed by atoms with Gasteiger partial charge in [0.25, 0.3) is 0 Å². The molecule has 0 aliphatic heterocycles. The maximum absolute atomic E-state index is 6.00. The molecule has 16 heavy (non-hydrogen) atoms. The number of anilines is 1. The van der Waals surface area contributed by atoms with Crippen LogP contribution in [0.25, 0.3) is 10.9 Å². The Morgan fingerprint density at radius 3 is 3.12 bits per heavy atom. The van der Waals surface area contributed by atoms with Crippen molar-refractivity contribution in [1.29, 1.82) is 0 Å². The molecule has 0 atom stereocenters. The SMILES string of the molecule is Nc1cc2cn[nH]c2cc1Sc1cccs1. The summed E-state index contributed by atoms with van der Waals surface area (Å²) in [6, 6.07) is 8.13. The Labute approximate surface area is 101 Å². The summed E-state index contributed by atoms with van der Waals surface area (Å²) in [4.78, 5) is 1.07. The lowest BCUT2D eigenvalue weighted by atomic mass is 10.2. The molecule has 3 aromatic rings. The van der Waals surface area contributed by atoms with Gasteiger partial charge in [0.2, 0.25) is 0 Å². The minimum Gasteiger partial charge on any atom is -0.398 e. The van der Waals surface area contributed by atoms with Gasteiger partial charge in [0.1, 0.15) is 0 Å². The van der Waals surface area contributed by atoms with Crippen LogP contribution in [0.15, 0.2) is 44.9 Å². The van der Waals surface area contributed by atoms with Crippen LogP contribution < -0.4 is 5.73 Å². The summed E-state index contributed by atoms with van der Waals surface area (Å²) in [5.74, 6) is 0. The second-order valence-corrected chi connectivity index (χ2v) is 5.67. The van der Waals surface area contributed by atoms with Crippen LogP contribution in [0.1, 0.15) is 0 Å². The highest BCUT2D eigenvalue weighted by atomic mass is 32.2. The van der Waals surface area contributed by atoms with E-state index in [0.29, 0.717) is 0 Å². The van der Waals surface area contributed by atoms with E-state index in [2.05, 4.69) is 21.6 Å². The van der Waals surface area contributed by atoms with Gasteiger partial charge in [-0.25, -0.2) is 0 Å². The first kappa shape index (κ1) is 9.74. The number of thiophene rings is 1. The van der Waals surface area contributed by atoms with Gasteiger partial charge in [-0.2, -0.15) is 5.10 Å². The van der Waals surface area contributed by atoms with Crippen molar-refractivity contribution in [2.75, 3.05) is 5.73 Å². The Morgan fingerprint density at radius 1 is 1.38 bits per heavy atom. The largest absolute Gasteiger partial charge is 0.398 e. The van der Waals surface area contributed by atoms with Gasteiger partial charge in [0, 0.05) is 16.0 Å². The predicted octanol–water partition coefficient (Wildman–Crippen LogP) is 3.36. The summed E-state index contributed by atoms with van der Waals surface area (Å²) < 4.78 is 1.24. The summed E-state index contributed by atoms with van der Waals surface area (Å²) >= 11 is 3.40. The second-order valence-electron chi connectivity index (χ2n) is 3.38. The van der Waals surface area contributed by atoms with Gasteiger partial charge in [-0.15, -0.1) is 11.3 Å². The number of benzene rings is 1. The van der Waals surface area contributed by atoms with E-state index in [4.69, 9.17) is 5.73 Å². The lowest BCUT2D eigenvalue weighted by Gasteiger charge is -2.03. The molecular formula is C11H9N3S2. The number of nitrogen functional groups attached to an aromatic ring is 1. The highest BCUT2D eigenvalue weighted by Crippen LogP contribution is 2.36. The van der Waals surface area contributed by atoms with Crippen molar-refractivity contribution in [3.05, 3.63) is 35.8 Å². The smallest absolute Gasteiger partial charge is 0.0663 e. The maximum atomic E-state index is 6.00. The number of hydrogen-bond donors (Lipinski definition) is 2. The number of hydrogen-bond acceptors (Lipinski definition) is 4. The molecule has 3 rings (SSSR count). The normalized spacial score (nSPS) is 11.0. The van der Waals surface area contributed by atoms with Crippen LogP contribution in [0.3, 0.4) is 0 Å². The molecule has 0 aliphatic carbocycles. The molecule has 0 bridgehead atoms. The third kappa shape index (κ3) is 1.68. The van der Waals surface area contributed by atoms with Crippen molar-refractivity contribution in [2.45, 2.75) is 9.10 Å². The van der Waals surface area contributed by atoms with E-state index < -0.39 is 0 Å². The lowest BCUT2D eigenvalue weighted by molar-refractivity contribution is 1.12. The first-order chi connectivity index (χ1) is 7.83. The van der Waals surface area contributed by atoms with Gasteiger partial charge in [-0.1, -0.05) is 17.8 Å². The second kappa shape index (κ2) is 3.84. The zero-order chi connectivity index (χ0) is 11.0. The number of H-pyrrole nitrogens is 1. The van der Waals surface area contributed by atoms with Crippen molar-refractivity contribution in [3.63, 3.8) is 0 Å². The fourth-order valence-electron chi connectivity index (χ4n) is 1.51. The van der Waals surface area contributed by atoms with Gasteiger partial charge < -0.3 is 5.73 Å². The fraction of sp³-hybridized carbons (Fsp3) is 0. The number of rotatable bonds is 2. The van der Waals surface area contributed by atoms with Gasteiger partial charge in [-0.3, -0.25) is 5.10 Å². The highest BCUT2D eigenvalue weighted by molar-refractivity contribution is 8.01. The number of nitrogens with zero attached hydrogens (tertiary/aromatic N) is 1. The van der Waals surface area contributed by atoms with E-state index in [9.17, 15) is 0 Å². The molecule has 2 aromatic heterocycles. The molecule has 0 unspecified atom stereocenters. The van der Waals surface area contributed by atoms with Crippen LogP contribution >= 0.6 is 23.1 Å². The quantitative estimate of drug-likeness (QED) is 0.683. The van der Waals surface area contributed by atoms with Crippen LogP contribution in [-0.2, 0) is 0 Å². The van der Waals surface area contributed by atoms with E-state index in [1.807, 2.05) is 18.2 Å². The van der Waals surface area contributed by atoms with E-state index in [1.165, 1.54) is 4.21 Å². The van der Waals surface area contributed by atoms with Crippen molar-refractivity contribution in [1.82, 2.24) is 10.2 Å². The summed E-state index contributed by atoms with van der Waals surface area (Å²) in [6.07, 6.45) is 1.78. The molecule has 3 nitrogen and oxygen atoms in total. The summed E-state index contributed by atoms with van der Waals surface area (Å²) in [5, 5.41) is 10.1. The lowest BCUT2D eigenvalue weighted by Crippen LogP contribution is -1.87. The summed E-state index contributed by atoms with van der Waals surface area (Å²) in [5.41, 5.74) is 7.82. The Hall–Kier alpha value is -1.46. The fourth-order valence-corrected chi connectivity index (χ4v) is 3.30. The van der Waals surface area contributed by atoms with Crippen molar-refractivity contribution >= 4 is 39.7 Å². The standard InChI is InChI=1S/C11H9N3S2/c12-8-4-7-6-13-14-9(7)5-10(8)16-11-2-1-3-15-11/h1-6H,12H2,(H,13,14). The average Bonchev–Trinajstić information content (AvgIpc) is 2.89. The zero-order valence-electron chi connectivity index (χ0n) is 8.31. The Morgan fingerprint density at radius 2 is 2.31 bits per heavy atom. The van der Waals surface area contributed by atoms with Crippen LogP contribution in [0.2, 0.25) is 0 Å². The molecule has 0 spiro atoms. The van der Waals surface area contributed by atoms with E-state index in [-0.39, 0.29) is 0 Å². The molecule has 0 radical (unpaired) electrons. The molecule has 0 saturated carbocycles. The zero-order valence-corrected chi connectivity index (χ0v) is 9.94. The Kier molecular flexibility index (Phi) is 2.34. The average molecular weight is 247 g/mol. The first-order valence-corrected chi connectivity index (χ1v) is 6.46. The first-order valence-electron chi connectivity index (χ1n) is 4.77. The van der Waals surface area contributed by atoms with Crippen LogP contribution in [0, 0.1) is 0 Å². The number of fused-ring (bicyclic) bond motifs is 1. The van der Waals surface area contributed by atoms with E-state index in [0.717, 1.165) is 21.5 Å². The minimum absolute atomic E-state index is 0.798. The van der Waals surface area contributed by atoms with E-state index in [1.54, 1.807) is 29.3 Å². The van der Waals surface area contributed by atoms with Crippen molar-refractivity contribution in [3.8, 4) is 0 Å². The number of nitrogens with one attached hydrogen (secondary N) is 1. The summed E-state index contributed by atoms with van der Waals surface area (Å²) in [7, 11) is 0. The Balaban J connectivity index is 2.05. The molecule has 3 N–H and O–H groups in total. The van der Waals surface area contributed by atoms with Gasteiger partial charge in [0.15, 0.2) is 0 Å². The van der Waals surface area contributed by atoms with Crippen molar-refractivity contribution in [2.24, 2.45) is 0 Å². The van der Waals surface area contributed by atoms with E-state index >= 15 is 0 Å². The monoisotopic (exact) mass is 247 g/mol. The summed E-state index contributed by atoms with van der Waals surface area (Å²) in [6.45, 7) is 0. The third-order valence-electron chi connectivity index (χ3n) is 2.28. The van der Waals surface area contributed by atoms with Gasteiger partial charge >= 0.3 is 0 Å². The molecule has 0 fully saturated rings. The van der Waals surface area contributed by atoms with Crippen LogP contribution in [0.5, 0.6) is 0 Å². The van der Waals surface area contributed by atoms with Crippen LogP contribution in [0.4, 0.5) is 5.69 Å². The Bertz CT molecular complexity index is 613. The molecule has 0 aliphatic rings. The molecule has 80 valence electrons. The minimum atomic E-state index is 0.798. The maximum Gasteiger partial charge on any atom is 0.0663 e. The molecular weight excluding hydrogens is 238 g/mol. The van der Waals surface area contributed by atoms with Crippen LogP contribution in [-0.4, -0.2) is 10.2 Å². The molecule has 0 amide bonds. The molecule has 1 aromatic carbocycles. The highest BCUT2D eigenvalue weighted by Gasteiger charge is 2.06. The van der Waals surface area contributed by atoms with Gasteiger partial charge in [-0.05, 0) is 23.6 Å². The topological polar surface area (TPSA) is 54.7 Å². The molecule has 0 saturated heterocycles. The molecule has 5 heteroatoms. The predicted molar refractivity (Wildman–Crippen MR) is 68.9 cm³/mol.